The van der Waals surface area contributed by atoms with E-state index in [0.717, 1.165) is 0 Å². The van der Waals surface area contributed by atoms with Crippen LogP contribution in [0.4, 0.5) is 10.1 Å². The molecule has 1 unspecified atom stereocenters. The van der Waals surface area contributed by atoms with Gasteiger partial charge in [-0.2, -0.15) is 0 Å². The van der Waals surface area contributed by atoms with Gasteiger partial charge in [0.15, 0.2) is 0 Å². The van der Waals surface area contributed by atoms with Crippen molar-refractivity contribution in [1.82, 2.24) is 5.32 Å². The summed E-state index contributed by atoms with van der Waals surface area (Å²) in [4.78, 5) is 11.9. The van der Waals surface area contributed by atoms with E-state index >= 15 is 0 Å². The summed E-state index contributed by atoms with van der Waals surface area (Å²) in [6, 6.07) is 7.00. The summed E-state index contributed by atoms with van der Waals surface area (Å²) in [6.07, 6.45) is 1.51. The van der Waals surface area contributed by atoms with E-state index in [4.69, 9.17) is 10.2 Å². The second kappa shape index (κ2) is 4.91. The molecule has 0 bridgehead atoms. The Hall–Kier alpha value is -2.30. The fourth-order valence-electron chi connectivity index (χ4n) is 1.60. The van der Waals surface area contributed by atoms with E-state index in [1.807, 2.05) is 0 Å². The molecule has 1 aromatic heterocycles. The third-order valence-corrected chi connectivity index (χ3v) is 2.55. The van der Waals surface area contributed by atoms with E-state index in [1.165, 1.54) is 24.5 Å². The number of hydrogen-bond acceptors (Lipinski definition) is 3. The molecule has 0 radical (unpaired) electrons. The smallest absolute Gasteiger partial charge is 0.254 e. The van der Waals surface area contributed by atoms with Crippen molar-refractivity contribution in [1.29, 1.82) is 0 Å². The van der Waals surface area contributed by atoms with Crippen LogP contribution in [0, 0.1) is 5.82 Å². The normalized spacial score (nSPS) is 12.1. The fraction of sp³-hybridized carbons (Fsp3) is 0.154. The van der Waals surface area contributed by atoms with Crippen LogP contribution in [-0.2, 0) is 0 Å². The van der Waals surface area contributed by atoms with Gasteiger partial charge in [-0.25, -0.2) is 4.39 Å². The molecule has 0 fully saturated rings. The molecular formula is C13H13FN2O2. The van der Waals surface area contributed by atoms with Crippen LogP contribution in [0.5, 0.6) is 0 Å². The van der Waals surface area contributed by atoms with Crippen LogP contribution in [0.3, 0.4) is 0 Å². The van der Waals surface area contributed by atoms with Crippen molar-refractivity contribution < 1.29 is 13.6 Å². The molecule has 3 N–H and O–H groups in total. The van der Waals surface area contributed by atoms with Crippen LogP contribution in [0.15, 0.2) is 41.0 Å². The zero-order valence-electron chi connectivity index (χ0n) is 9.81. The average molecular weight is 248 g/mol. The van der Waals surface area contributed by atoms with Crippen molar-refractivity contribution in [2.45, 2.75) is 13.0 Å². The summed E-state index contributed by atoms with van der Waals surface area (Å²) in [5.74, 6) is -0.523. The minimum Gasteiger partial charge on any atom is -0.467 e. The van der Waals surface area contributed by atoms with Gasteiger partial charge in [0.25, 0.3) is 5.91 Å². The van der Waals surface area contributed by atoms with Gasteiger partial charge in [0, 0.05) is 5.69 Å². The van der Waals surface area contributed by atoms with Crippen molar-refractivity contribution in [2.75, 3.05) is 5.73 Å². The number of furan rings is 1. The van der Waals surface area contributed by atoms with Gasteiger partial charge in [0.05, 0.1) is 17.9 Å². The van der Waals surface area contributed by atoms with E-state index in [9.17, 15) is 9.18 Å². The molecule has 2 aromatic rings. The minimum atomic E-state index is -0.603. The Kier molecular flexibility index (Phi) is 3.32. The first-order chi connectivity index (χ1) is 8.58. The molecular weight excluding hydrogens is 235 g/mol. The Balaban J connectivity index is 2.15. The maximum Gasteiger partial charge on any atom is 0.254 e. The first kappa shape index (κ1) is 12.2. The maximum atomic E-state index is 13.5. The molecule has 94 valence electrons. The van der Waals surface area contributed by atoms with Gasteiger partial charge in [-0.15, -0.1) is 0 Å². The van der Waals surface area contributed by atoms with Gasteiger partial charge in [-0.05, 0) is 37.3 Å². The molecule has 0 aliphatic carbocycles. The molecule has 0 aliphatic heterocycles. The molecule has 0 saturated carbocycles. The molecule has 0 aliphatic rings. The SMILES string of the molecule is CC(NC(=O)c1cc(N)ccc1F)c1ccco1. The van der Waals surface area contributed by atoms with Crippen LogP contribution in [0.2, 0.25) is 0 Å². The number of carbonyl (C=O) groups excluding carboxylic acids is 1. The number of anilines is 1. The zero-order valence-corrected chi connectivity index (χ0v) is 9.81. The molecule has 18 heavy (non-hydrogen) atoms. The predicted molar refractivity (Wildman–Crippen MR) is 65.4 cm³/mol. The summed E-state index contributed by atoms with van der Waals surface area (Å²) in [5.41, 5.74) is 5.79. The number of amides is 1. The van der Waals surface area contributed by atoms with E-state index < -0.39 is 11.7 Å². The molecule has 4 nitrogen and oxygen atoms in total. The molecule has 5 heteroatoms. The van der Waals surface area contributed by atoms with Crippen LogP contribution >= 0.6 is 0 Å². The van der Waals surface area contributed by atoms with Gasteiger partial charge < -0.3 is 15.5 Å². The van der Waals surface area contributed by atoms with Gasteiger partial charge >= 0.3 is 0 Å². The number of nitrogens with two attached hydrogens (primary N) is 1. The first-order valence-corrected chi connectivity index (χ1v) is 5.47. The Bertz CT molecular complexity index is 552. The second-order valence-corrected chi connectivity index (χ2v) is 3.95. The number of benzene rings is 1. The standard InChI is InChI=1S/C13H13FN2O2/c1-8(12-3-2-6-18-12)16-13(17)10-7-9(15)4-5-11(10)14/h2-8H,15H2,1H3,(H,16,17). The number of nitrogen functional groups attached to an aromatic ring is 1. The van der Waals surface area contributed by atoms with E-state index in [-0.39, 0.29) is 11.6 Å². The van der Waals surface area contributed by atoms with Crippen LogP contribution in [0.25, 0.3) is 0 Å². The predicted octanol–water partition coefficient (Wildman–Crippen LogP) is 2.49. The Morgan fingerprint density at radius 2 is 2.22 bits per heavy atom. The maximum absolute atomic E-state index is 13.5. The average Bonchev–Trinajstić information content (AvgIpc) is 2.85. The van der Waals surface area contributed by atoms with E-state index in [2.05, 4.69) is 5.32 Å². The third-order valence-electron chi connectivity index (χ3n) is 2.55. The van der Waals surface area contributed by atoms with Crippen molar-refractivity contribution in [2.24, 2.45) is 0 Å². The largest absolute Gasteiger partial charge is 0.467 e. The van der Waals surface area contributed by atoms with Crippen LogP contribution < -0.4 is 11.1 Å². The lowest BCUT2D eigenvalue weighted by Crippen LogP contribution is -2.27. The highest BCUT2D eigenvalue weighted by Gasteiger charge is 2.16. The van der Waals surface area contributed by atoms with E-state index in [0.29, 0.717) is 11.4 Å². The molecule has 1 atom stereocenters. The molecule has 2 rings (SSSR count). The highest BCUT2D eigenvalue weighted by molar-refractivity contribution is 5.95. The fourth-order valence-corrected chi connectivity index (χ4v) is 1.60. The summed E-state index contributed by atoms with van der Waals surface area (Å²) < 4.78 is 18.6. The quantitative estimate of drug-likeness (QED) is 0.820. The van der Waals surface area contributed by atoms with Gasteiger partial charge in [0.2, 0.25) is 0 Å². The van der Waals surface area contributed by atoms with Crippen molar-refractivity contribution in [3.63, 3.8) is 0 Å². The molecule has 1 amide bonds. The van der Waals surface area contributed by atoms with Crippen molar-refractivity contribution in [3.05, 3.63) is 53.7 Å². The van der Waals surface area contributed by atoms with Gasteiger partial charge in [-0.3, -0.25) is 4.79 Å². The molecule has 1 heterocycles. The highest BCUT2D eigenvalue weighted by Crippen LogP contribution is 2.16. The third kappa shape index (κ3) is 2.51. The summed E-state index contributed by atoms with van der Waals surface area (Å²) >= 11 is 0. The highest BCUT2D eigenvalue weighted by atomic mass is 19.1. The number of carbonyl (C=O) groups is 1. The van der Waals surface area contributed by atoms with Crippen LogP contribution in [-0.4, -0.2) is 5.91 Å². The number of rotatable bonds is 3. The van der Waals surface area contributed by atoms with Crippen molar-refractivity contribution >= 4 is 11.6 Å². The monoisotopic (exact) mass is 248 g/mol. The lowest BCUT2D eigenvalue weighted by Gasteiger charge is -2.12. The summed E-state index contributed by atoms with van der Waals surface area (Å²) in [6.45, 7) is 1.75. The topological polar surface area (TPSA) is 68.3 Å². The number of hydrogen-bond donors (Lipinski definition) is 2. The molecule has 0 spiro atoms. The van der Waals surface area contributed by atoms with Crippen molar-refractivity contribution in [3.8, 4) is 0 Å². The molecule has 0 saturated heterocycles. The van der Waals surface area contributed by atoms with E-state index in [1.54, 1.807) is 19.1 Å². The van der Waals surface area contributed by atoms with Crippen LogP contribution in [0.1, 0.15) is 29.1 Å². The zero-order chi connectivity index (χ0) is 13.1. The Morgan fingerprint density at radius 1 is 1.44 bits per heavy atom. The Labute approximate surface area is 104 Å². The first-order valence-electron chi connectivity index (χ1n) is 5.47. The minimum absolute atomic E-state index is 0.0755. The number of halogens is 1. The number of nitrogens with one attached hydrogen (secondary N) is 1. The lowest BCUT2D eigenvalue weighted by molar-refractivity contribution is 0.0931. The van der Waals surface area contributed by atoms with Gasteiger partial charge in [0.1, 0.15) is 11.6 Å². The molecule has 1 aromatic carbocycles. The lowest BCUT2D eigenvalue weighted by atomic mass is 10.1. The second-order valence-electron chi connectivity index (χ2n) is 3.95. The summed E-state index contributed by atoms with van der Waals surface area (Å²) in [7, 11) is 0. The summed E-state index contributed by atoms with van der Waals surface area (Å²) in [5, 5.41) is 2.64. The van der Waals surface area contributed by atoms with Gasteiger partial charge in [-0.1, -0.05) is 0 Å². The Morgan fingerprint density at radius 3 is 2.89 bits per heavy atom.